The number of benzene rings is 1. The van der Waals surface area contributed by atoms with Crippen LogP contribution in [0.2, 0.25) is 0 Å². The van der Waals surface area contributed by atoms with E-state index in [0.29, 0.717) is 36.9 Å². The molecule has 7 heteroatoms. The summed E-state index contributed by atoms with van der Waals surface area (Å²) in [5.74, 6) is 1.06. The van der Waals surface area contributed by atoms with Gasteiger partial charge in [0.25, 0.3) is 11.8 Å². The lowest BCUT2D eigenvalue weighted by Crippen LogP contribution is -2.29. The first kappa shape index (κ1) is 20.9. The molecule has 1 aliphatic heterocycles. The molecule has 0 radical (unpaired) electrons. The van der Waals surface area contributed by atoms with E-state index in [1.54, 1.807) is 7.11 Å². The number of aromatic nitrogens is 2. The van der Waals surface area contributed by atoms with Gasteiger partial charge in [0.1, 0.15) is 11.4 Å². The summed E-state index contributed by atoms with van der Waals surface area (Å²) in [5, 5.41) is 5.86. The third kappa shape index (κ3) is 5.16. The quantitative estimate of drug-likeness (QED) is 0.716. The highest BCUT2D eigenvalue weighted by Gasteiger charge is 2.27. The maximum absolute atomic E-state index is 12.8. The lowest BCUT2D eigenvalue weighted by atomic mass is 10.1. The predicted octanol–water partition coefficient (Wildman–Crippen LogP) is 2.59. The average Bonchev–Trinajstić information content (AvgIpc) is 3.12. The highest BCUT2D eigenvalue weighted by molar-refractivity contribution is 5.97. The van der Waals surface area contributed by atoms with Gasteiger partial charge in [-0.15, -0.1) is 0 Å². The van der Waals surface area contributed by atoms with E-state index < -0.39 is 0 Å². The van der Waals surface area contributed by atoms with Crippen molar-refractivity contribution in [2.45, 2.75) is 46.1 Å². The Morgan fingerprint density at radius 2 is 2.03 bits per heavy atom. The van der Waals surface area contributed by atoms with Crippen LogP contribution in [0.1, 0.15) is 59.1 Å². The van der Waals surface area contributed by atoms with Crippen LogP contribution in [0.15, 0.2) is 24.3 Å². The fourth-order valence-electron chi connectivity index (χ4n) is 3.51. The number of fused-ring (bicyclic) bond motifs is 1. The first-order valence-corrected chi connectivity index (χ1v) is 10.3. The van der Waals surface area contributed by atoms with E-state index in [1.165, 1.54) is 0 Å². The minimum absolute atomic E-state index is 0.195. The van der Waals surface area contributed by atoms with Gasteiger partial charge in [-0.2, -0.15) is 0 Å². The topological polar surface area (TPSA) is 85.2 Å². The van der Waals surface area contributed by atoms with Crippen molar-refractivity contribution in [3.8, 4) is 5.75 Å². The summed E-state index contributed by atoms with van der Waals surface area (Å²) in [4.78, 5) is 29.8. The Kier molecular flexibility index (Phi) is 6.90. The van der Waals surface area contributed by atoms with Crippen LogP contribution in [0.5, 0.6) is 5.75 Å². The van der Waals surface area contributed by atoms with Crippen LogP contribution in [-0.4, -0.2) is 41.6 Å². The number of nitrogens with zero attached hydrogens (tertiary/aromatic N) is 2. The van der Waals surface area contributed by atoms with Crippen LogP contribution in [0.25, 0.3) is 0 Å². The number of ether oxygens (including phenoxy) is 1. The van der Waals surface area contributed by atoms with Crippen LogP contribution in [0.4, 0.5) is 0 Å². The maximum atomic E-state index is 12.8. The Bertz CT molecular complexity index is 873. The number of amides is 2. The Morgan fingerprint density at radius 3 is 2.79 bits per heavy atom. The minimum Gasteiger partial charge on any atom is -0.497 e. The second-order valence-corrected chi connectivity index (χ2v) is 7.80. The maximum Gasteiger partial charge on any atom is 0.287 e. The first-order valence-electron chi connectivity index (χ1n) is 10.3. The van der Waals surface area contributed by atoms with E-state index in [0.717, 1.165) is 42.8 Å². The number of methoxy groups -OCH3 is 1. The summed E-state index contributed by atoms with van der Waals surface area (Å²) >= 11 is 0. The third-order valence-corrected chi connectivity index (χ3v) is 5.04. The molecule has 3 rings (SSSR count). The number of hydrogen-bond acceptors (Lipinski definition) is 4. The molecule has 0 fully saturated rings. The molecule has 0 unspecified atom stereocenters. The minimum atomic E-state index is -0.237. The van der Waals surface area contributed by atoms with Crippen LogP contribution >= 0.6 is 0 Å². The molecule has 0 saturated carbocycles. The smallest absolute Gasteiger partial charge is 0.287 e. The molecule has 0 atom stereocenters. The summed E-state index contributed by atoms with van der Waals surface area (Å²) in [7, 11) is 1.64. The van der Waals surface area contributed by atoms with Gasteiger partial charge in [0.05, 0.1) is 12.8 Å². The van der Waals surface area contributed by atoms with E-state index in [1.807, 2.05) is 42.7 Å². The highest BCUT2D eigenvalue weighted by atomic mass is 16.5. The lowest BCUT2D eigenvalue weighted by molar-refractivity contribution is 0.0938. The largest absolute Gasteiger partial charge is 0.497 e. The van der Waals surface area contributed by atoms with Crippen molar-refractivity contribution < 1.29 is 14.3 Å². The first-order chi connectivity index (χ1) is 14.0. The van der Waals surface area contributed by atoms with E-state index in [9.17, 15) is 9.59 Å². The monoisotopic (exact) mass is 398 g/mol. The number of rotatable bonds is 8. The van der Waals surface area contributed by atoms with Gasteiger partial charge >= 0.3 is 0 Å². The summed E-state index contributed by atoms with van der Waals surface area (Å²) in [6, 6.07) is 7.79. The zero-order valence-electron chi connectivity index (χ0n) is 17.5. The molecule has 2 N–H and O–H groups in total. The van der Waals surface area contributed by atoms with Gasteiger partial charge in [-0.3, -0.25) is 9.59 Å². The molecular formula is C22H30N4O3. The molecule has 0 bridgehead atoms. The zero-order valence-corrected chi connectivity index (χ0v) is 17.5. The molecule has 7 nitrogen and oxygen atoms in total. The van der Waals surface area contributed by atoms with Crippen molar-refractivity contribution in [1.82, 2.24) is 20.2 Å². The summed E-state index contributed by atoms with van der Waals surface area (Å²) in [6.45, 7) is 5.89. The predicted molar refractivity (Wildman–Crippen MR) is 111 cm³/mol. The molecule has 2 amide bonds. The standard InChI is InChI=1S/C22H30N4O3/c1-15(2)14-24-21(27)19-18-9-4-5-12-26(18)20(25-19)22(28)23-11-10-16-7-6-8-17(13-16)29-3/h6-8,13,15H,4-5,9-12,14H2,1-3H3,(H,23,28)(H,24,27). The van der Waals surface area contributed by atoms with Crippen molar-refractivity contribution in [2.75, 3.05) is 20.2 Å². The second kappa shape index (κ2) is 9.58. The molecule has 0 saturated heterocycles. The van der Waals surface area contributed by atoms with Crippen LogP contribution < -0.4 is 15.4 Å². The number of carbonyl (C=O) groups is 2. The van der Waals surface area contributed by atoms with Crippen molar-refractivity contribution in [1.29, 1.82) is 0 Å². The van der Waals surface area contributed by atoms with Gasteiger partial charge < -0.3 is 19.9 Å². The third-order valence-electron chi connectivity index (χ3n) is 5.04. The van der Waals surface area contributed by atoms with Crippen LogP contribution in [0.3, 0.4) is 0 Å². The molecule has 2 heterocycles. The van der Waals surface area contributed by atoms with Gasteiger partial charge in [-0.05, 0) is 49.3 Å². The summed E-state index contributed by atoms with van der Waals surface area (Å²) in [6.07, 6.45) is 3.46. The van der Waals surface area contributed by atoms with Gasteiger partial charge in [-0.1, -0.05) is 26.0 Å². The second-order valence-electron chi connectivity index (χ2n) is 7.80. The van der Waals surface area contributed by atoms with Crippen LogP contribution in [-0.2, 0) is 19.4 Å². The van der Waals surface area contributed by atoms with Crippen molar-refractivity contribution in [3.63, 3.8) is 0 Å². The van der Waals surface area contributed by atoms with E-state index in [4.69, 9.17) is 4.74 Å². The van der Waals surface area contributed by atoms with Crippen molar-refractivity contribution in [3.05, 3.63) is 47.0 Å². The molecular weight excluding hydrogens is 368 g/mol. The normalized spacial score (nSPS) is 13.1. The van der Waals surface area contributed by atoms with Gasteiger partial charge in [0, 0.05) is 19.6 Å². The number of carbonyl (C=O) groups excluding carboxylic acids is 2. The number of imidazole rings is 1. The molecule has 2 aromatic rings. The molecule has 0 aliphatic carbocycles. The van der Waals surface area contributed by atoms with Crippen molar-refractivity contribution >= 4 is 11.8 Å². The van der Waals surface area contributed by atoms with E-state index >= 15 is 0 Å². The lowest BCUT2D eigenvalue weighted by Gasteiger charge is -2.17. The molecule has 1 aliphatic rings. The Balaban J connectivity index is 1.68. The van der Waals surface area contributed by atoms with Gasteiger partial charge in [0.15, 0.2) is 5.82 Å². The Morgan fingerprint density at radius 1 is 1.21 bits per heavy atom. The van der Waals surface area contributed by atoms with Crippen LogP contribution in [0, 0.1) is 5.92 Å². The fourth-order valence-corrected chi connectivity index (χ4v) is 3.51. The van der Waals surface area contributed by atoms with E-state index in [-0.39, 0.29) is 11.8 Å². The fraction of sp³-hybridized carbons (Fsp3) is 0.500. The Hall–Kier alpha value is -2.83. The number of hydrogen-bond donors (Lipinski definition) is 2. The van der Waals surface area contributed by atoms with Gasteiger partial charge in [-0.25, -0.2) is 4.98 Å². The zero-order chi connectivity index (χ0) is 20.8. The summed E-state index contributed by atoms with van der Waals surface area (Å²) < 4.78 is 7.15. The number of nitrogens with one attached hydrogen (secondary N) is 2. The highest BCUT2D eigenvalue weighted by Crippen LogP contribution is 2.21. The van der Waals surface area contributed by atoms with E-state index in [2.05, 4.69) is 15.6 Å². The van der Waals surface area contributed by atoms with Gasteiger partial charge in [0.2, 0.25) is 0 Å². The SMILES string of the molecule is COc1cccc(CCNC(=O)c2nc(C(=O)NCC(C)C)c3n2CCCC3)c1. The Labute approximate surface area is 171 Å². The molecule has 1 aromatic heterocycles. The molecule has 0 spiro atoms. The molecule has 156 valence electrons. The molecule has 1 aromatic carbocycles. The van der Waals surface area contributed by atoms with Crippen molar-refractivity contribution in [2.24, 2.45) is 5.92 Å². The average molecular weight is 399 g/mol. The summed E-state index contributed by atoms with van der Waals surface area (Å²) in [5.41, 5.74) is 2.35. The molecule has 29 heavy (non-hydrogen) atoms.